The van der Waals surface area contributed by atoms with Crippen LogP contribution in [0, 0.1) is 18.7 Å². The molecule has 0 spiro atoms. The van der Waals surface area contributed by atoms with Gasteiger partial charge in [0.1, 0.15) is 5.82 Å². The zero-order valence-electron chi connectivity index (χ0n) is 13.5. The zero-order valence-corrected chi connectivity index (χ0v) is 14.2. The van der Waals surface area contributed by atoms with Gasteiger partial charge in [0, 0.05) is 11.6 Å². The molecule has 1 fully saturated rings. The van der Waals surface area contributed by atoms with Crippen molar-refractivity contribution in [2.24, 2.45) is 5.92 Å². The third kappa shape index (κ3) is 3.77. The van der Waals surface area contributed by atoms with Gasteiger partial charge in [0.15, 0.2) is 0 Å². The molecule has 2 atom stereocenters. The molecule has 0 aromatic heterocycles. The Hall–Kier alpha value is -1.91. The van der Waals surface area contributed by atoms with E-state index in [4.69, 9.17) is 11.6 Å². The van der Waals surface area contributed by atoms with Gasteiger partial charge in [-0.25, -0.2) is 4.39 Å². The zero-order chi connectivity index (χ0) is 17.1. The van der Waals surface area contributed by atoms with E-state index in [1.54, 1.807) is 6.07 Å². The van der Waals surface area contributed by atoms with Crippen molar-refractivity contribution in [2.45, 2.75) is 19.4 Å². The lowest BCUT2D eigenvalue weighted by Gasteiger charge is -2.23. The summed E-state index contributed by atoms with van der Waals surface area (Å²) in [5.74, 6) is -0.444. The van der Waals surface area contributed by atoms with Gasteiger partial charge in [0.25, 0.3) is 0 Å². The molecule has 126 valence electrons. The molecule has 0 radical (unpaired) electrons. The van der Waals surface area contributed by atoms with Crippen LogP contribution in [0.3, 0.4) is 0 Å². The lowest BCUT2D eigenvalue weighted by Crippen LogP contribution is -2.35. The van der Waals surface area contributed by atoms with Gasteiger partial charge in [0.2, 0.25) is 5.91 Å². The van der Waals surface area contributed by atoms with Crippen molar-refractivity contribution in [1.82, 2.24) is 10.6 Å². The summed E-state index contributed by atoms with van der Waals surface area (Å²) >= 11 is 6.24. The molecule has 5 heteroatoms. The molecule has 0 aliphatic carbocycles. The Balaban J connectivity index is 1.93. The molecule has 3 nitrogen and oxygen atoms in total. The van der Waals surface area contributed by atoms with E-state index >= 15 is 0 Å². The van der Waals surface area contributed by atoms with Gasteiger partial charge in [-0.3, -0.25) is 4.79 Å². The second-order valence-corrected chi connectivity index (χ2v) is 6.62. The summed E-state index contributed by atoms with van der Waals surface area (Å²) in [6.07, 6.45) is 0.823. The van der Waals surface area contributed by atoms with Crippen LogP contribution in [0.15, 0.2) is 42.5 Å². The number of carbonyl (C=O) groups is 1. The summed E-state index contributed by atoms with van der Waals surface area (Å²) in [4.78, 5) is 12.6. The average molecular weight is 347 g/mol. The largest absolute Gasteiger partial charge is 0.345 e. The first-order valence-corrected chi connectivity index (χ1v) is 8.45. The van der Waals surface area contributed by atoms with E-state index in [9.17, 15) is 9.18 Å². The third-order valence-electron chi connectivity index (χ3n) is 4.40. The number of hydrogen-bond donors (Lipinski definition) is 2. The lowest BCUT2D eigenvalue weighted by atomic mass is 9.96. The molecule has 24 heavy (non-hydrogen) atoms. The van der Waals surface area contributed by atoms with Crippen LogP contribution in [0.5, 0.6) is 0 Å². The highest BCUT2D eigenvalue weighted by Gasteiger charge is 2.26. The molecule has 1 aliphatic rings. The highest BCUT2D eigenvalue weighted by atomic mass is 35.5. The minimum Gasteiger partial charge on any atom is -0.345 e. The average Bonchev–Trinajstić information content (AvgIpc) is 3.08. The van der Waals surface area contributed by atoms with Crippen molar-refractivity contribution in [3.63, 3.8) is 0 Å². The van der Waals surface area contributed by atoms with Crippen molar-refractivity contribution in [3.8, 4) is 0 Å². The van der Waals surface area contributed by atoms with Crippen molar-refractivity contribution in [1.29, 1.82) is 0 Å². The van der Waals surface area contributed by atoms with E-state index in [1.165, 1.54) is 12.1 Å². The fourth-order valence-corrected chi connectivity index (χ4v) is 3.25. The van der Waals surface area contributed by atoms with E-state index in [1.807, 2.05) is 31.2 Å². The third-order valence-corrected chi connectivity index (χ3v) is 4.73. The second-order valence-electron chi connectivity index (χ2n) is 6.21. The van der Waals surface area contributed by atoms with E-state index in [0.717, 1.165) is 24.1 Å². The SMILES string of the molecule is Cc1ccc(C(NC(=O)C2CCNC2)c2ccc(F)cc2Cl)cc1. The maximum atomic E-state index is 13.4. The lowest BCUT2D eigenvalue weighted by molar-refractivity contribution is -0.124. The van der Waals surface area contributed by atoms with Crippen LogP contribution < -0.4 is 10.6 Å². The first-order valence-electron chi connectivity index (χ1n) is 8.07. The summed E-state index contributed by atoms with van der Waals surface area (Å²) in [5, 5.41) is 6.59. The van der Waals surface area contributed by atoms with Gasteiger partial charge >= 0.3 is 0 Å². The summed E-state index contributed by atoms with van der Waals surface area (Å²) in [6.45, 7) is 3.54. The molecule has 1 amide bonds. The van der Waals surface area contributed by atoms with E-state index in [0.29, 0.717) is 17.1 Å². The number of halogens is 2. The molecule has 1 aliphatic heterocycles. The standard InChI is InChI=1S/C19H20ClFN2O/c1-12-2-4-13(5-3-12)18(16-7-6-15(21)10-17(16)20)23-19(24)14-8-9-22-11-14/h2-7,10,14,18,22H,8-9,11H2,1H3,(H,23,24). The summed E-state index contributed by atoms with van der Waals surface area (Å²) in [6, 6.07) is 11.8. The fourth-order valence-electron chi connectivity index (χ4n) is 2.97. The maximum absolute atomic E-state index is 13.4. The van der Waals surface area contributed by atoms with Gasteiger partial charge in [-0.2, -0.15) is 0 Å². The van der Waals surface area contributed by atoms with Crippen LogP contribution in [0.4, 0.5) is 4.39 Å². The summed E-state index contributed by atoms with van der Waals surface area (Å²) in [7, 11) is 0. The molecular weight excluding hydrogens is 327 g/mol. The first kappa shape index (κ1) is 16.9. The van der Waals surface area contributed by atoms with Crippen molar-refractivity contribution in [3.05, 3.63) is 70.0 Å². The maximum Gasteiger partial charge on any atom is 0.225 e. The van der Waals surface area contributed by atoms with Crippen molar-refractivity contribution < 1.29 is 9.18 Å². The van der Waals surface area contributed by atoms with Crippen molar-refractivity contribution in [2.75, 3.05) is 13.1 Å². The van der Waals surface area contributed by atoms with Gasteiger partial charge in [-0.15, -0.1) is 0 Å². The molecule has 0 saturated carbocycles. The van der Waals surface area contributed by atoms with Gasteiger partial charge < -0.3 is 10.6 Å². The Morgan fingerprint density at radius 3 is 2.67 bits per heavy atom. The van der Waals surface area contributed by atoms with Crippen LogP contribution in [0.2, 0.25) is 5.02 Å². The molecule has 0 bridgehead atoms. The minimum absolute atomic E-state index is 0.00836. The highest BCUT2D eigenvalue weighted by Crippen LogP contribution is 2.30. The highest BCUT2D eigenvalue weighted by molar-refractivity contribution is 6.31. The van der Waals surface area contributed by atoms with Crippen molar-refractivity contribution >= 4 is 17.5 Å². The number of amides is 1. The molecule has 2 unspecified atom stereocenters. The molecule has 2 N–H and O–H groups in total. The number of carbonyl (C=O) groups excluding carboxylic acids is 1. The Labute approximate surface area is 146 Å². The number of aryl methyl sites for hydroxylation is 1. The van der Waals surface area contributed by atoms with E-state index in [2.05, 4.69) is 10.6 Å². The fraction of sp³-hybridized carbons (Fsp3) is 0.316. The first-order chi connectivity index (χ1) is 11.5. The normalized spacial score (nSPS) is 18.4. The number of benzene rings is 2. The molecule has 2 aromatic rings. The predicted molar refractivity (Wildman–Crippen MR) is 93.6 cm³/mol. The summed E-state index contributed by atoms with van der Waals surface area (Å²) in [5.41, 5.74) is 2.75. The molecule has 3 rings (SSSR count). The monoisotopic (exact) mass is 346 g/mol. The van der Waals surface area contributed by atoms with Gasteiger partial charge in [-0.1, -0.05) is 47.5 Å². The molecule has 2 aromatic carbocycles. The molecule has 1 saturated heterocycles. The van der Waals surface area contributed by atoms with Crippen LogP contribution in [-0.2, 0) is 4.79 Å². The van der Waals surface area contributed by atoms with E-state index < -0.39 is 11.9 Å². The smallest absolute Gasteiger partial charge is 0.225 e. The second kappa shape index (κ2) is 7.32. The Kier molecular flexibility index (Phi) is 5.17. The van der Waals surface area contributed by atoms with Gasteiger partial charge in [0.05, 0.1) is 12.0 Å². The number of nitrogens with one attached hydrogen (secondary N) is 2. The molecular formula is C19H20ClFN2O. The van der Waals surface area contributed by atoms with Crippen LogP contribution in [0.1, 0.15) is 29.2 Å². The summed E-state index contributed by atoms with van der Waals surface area (Å²) < 4.78 is 13.4. The predicted octanol–water partition coefficient (Wildman–Crippen LogP) is 3.60. The molecule has 1 heterocycles. The quantitative estimate of drug-likeness (QED) is 0.888. The Bertz CT molecular complexity index is 727. The Morgan fingerprint density at radius 1 is 1.29 bits per heavy atom. The van der Waals surface area contributed by atoms with Crippen LogP contribution in [0.25, 0.3) is 0 Å². The number of rotatable bonds is 4. The van der Waals surface area contributed by atoms with Gasteiger partial charge in [-0.05, 0) is 43.1 Å². The topological polar surface area (TPSA) is 41.1 Å². The van der Waals surface area contributed by atoms with E-state index in [-0.39, 0.29) is 11.8 Å². The van der Waals surface area contributed by atoms with Crippen LogP contribution in [-0.4, -0.2) is 19.0 Å². The Morgan fingerprint density at radius 2 is 2.04 bits per heavy atom. The minimum atomic E-state index is -0.396. The van der Waals surface area contributed by atoms with Crippen LogP contribution >= 0.6 is 11.6 Å². The number of hydrogen-bond acceptors (Lipinski definition) is 2.